The Morgan fingerprint density at radius 1 is 1.11 bits per heavy atom. The number of pyridine rings is 1. The number of nitrogen functional groups attached to an aromatic ring is 1. The van der Waals surface area contributed by atoms with Gasteiger partial charge in [0, 0.05) is 12.6 Å². The fraction of sp³-hybridized carbons (Fsp3) is 0.0769. The van der Waals surface area contributed by atoms with Crippen LogP contribution in [0.25, 0.3) is 22.3 Å². The normalized spacial score (nSPS) is 11.0. The molecule has 3 aromatic rings. The molecule has 0 atom stereocenters. The van der Waals surface area contributed by atoms with Gasteiger partial charge in [-0.3, -0.25) is 4.68 Å². The van der Waals surface area contributed by atoms with Gasteiger partial charge < -0.3 is 5.73 Å². The zero-order chi connectivity index (χ0) is 12.7. The van der Waals surface area contributed by atoms with Crippen LogP contribution >= 0.6 is 0 Å². The molecular formula is C13H11FN4. The van der Waals surface area contributed by atoms with Crippen molar-refractivity contribution in [3.05, 3.63) is 42.2 Å². The summed E-state index contributed by atoms with van der Waals surface area (Å²) in [7, 11) is 1.84. The number of aromatic nitrogens is 3. The van der Waals surface area contributed by atoms with Crippen LogP contribution in [0.2, 0.25) is 0 Å². The first-order chi connectivity index (χ1) is 8.65. The van der Waals surface area contributed by atoms with Crippen LogP contribution in [-0.2, 0) is 7.05 Å². The van der Waals surface area contributed by atoms with Gasteiger partial charge >= 0.3 is 0 Å². The minimum Gasteiger partial charge on any atom is -0.384 e. The highest BCUT2D eigenvalue weighted by molar-refractivity contribution is 5.90. The highest BCUT2D eigenvalue weighted by atomic mass is 19.1. The molecule has 0 radical (unpaired) electrons. The Kier molecular flexibility index (Phi) is 2.26. The molecule has 18 heavy (non-hydrogen) atoms. The fourth-order valence-corrected chi connectivity index (χ4v) is 1.96. The summed E-state index contributed by atoms with van der Waals surface area (Å²) in [5.74, 6) is 0.172. The van der Waals surface area contributed by atoms with Crippen LogP contribution in [0.5, 0.6) is 0 Å². The Morgan fingerprint density at radius 3 is 2.56 bits per heavy atom. The van der Waals surface area contributed by atoms with E-state index in [0.717, 1.165) is 16.6 Å². The van der Waals surface area contributed by atoms with E-state index in [2.05, 4.69) is 10.1 Å². The molecule has 0 bridgehead atoms. The number of hydrogen-bond acceptors (Lipinski definition) is 3. The Bertz CT molecular complexity index is 716. The molecule has 0 unspecified atom stereocenters. The van der Waals surface area contributed by atoms with Crippen molar-refractivity contribution in [1.82, 2.24) is 14.8 Å². The first-order valence-electron chi connectivity index (χ1n) is 5.50. The van der Waals surface area contributed by atoms with Gasteiger partial charge in [0.05, 0.1) is 5.52 Å². The van der Waals surface area contributed by atoms with Crippen LogP contribution in [0, 0.1) is 5.82 Å². The largest absolute Gasteiger partial charge is 0.384 e. The summed E-state index contributed by atoms with van der Waals surface area (Å²) >= 11 is 0. The van der Waals surface area contributed by atoms with Crippen LogP contribution in [0.4, 0.5) is 10.2 Å². The average molecular weight is 242 g/mol. The van der Waals surface area contributed by atoms with Crippen molar-refractivity contribution < 1.29 is 4.39 Å². The van der Waals surface area contributed by atoms with E-state index in [1.165, 1.54) is 12.1 Å². The molecule has 0 fully saturated rings. The predicted molar refractivity (Wildman–Crippen MR) is 68.3 cm³/mol. The third kappa shape index (κ3) is 1.60. The maximum absolute atomic E-state index is 12.9. The molecule has 1 aromatic carbocycles. The monoisotopic (exact) mass is 242 g/mol. The van der Waals surface area contributed by atoms with Gasteiger partial charge in [0.2, 0.25) is 0 Å². The molecule has 3 rings (SSSR count). The molecule has 2 aromatic heterocycles. The molecule has 2 heterocycles. The Morgan fingerprint density at radius 2 is 1.83 bits per heavy atom. The quantitative estimate of drug-likeness (QED) is 0.712. The first kappa shape index (κ1) is 10.7. The number of nitrogens with two attached hydrogens (primary N) is 1. The van der Waals surface area contributed by atoms with Crippen molar-refractivity contribution in [2.75, 3.05) is 5.73 Å². The second kappa shape index (κ2) is 3.80. The summed E-state index contributed by atoms with van der Waals surface area (Å²) in [4.78, 5) is 4.30. The molecule has 90 valence electrons. The molecule has 0 saturated heterocycles. The lowest BCUT2D eigenvalue weighted by atomic mass is 10.1. The molecule has 0 aliphatic rings. The lowest BCUT2D eigenvalue weighted by Gasteiger charge is -1.97. The van der Waals surface area contributed by atoms with Crippen LogP contribution in [0.3, 0.4) is 0 Å². The molecule has 5 heteroatoms. The summed E-state index contributed by atoms with van der Waals surface area (Å²) in [6.07, 6.45) is 0. The van der Waals surface area contributed by atoms with E-state index in [4.69, 9.17) is 5.73 Å². The van der Waals surface area contributed by atoms with Crippen LogP contribution < -0.4 is 5.73 Å². The fourth-order valence-electron chi connectivity index (χ4n) is 1.96. The van der Waals surface area contributed by atoms with E-state index in [1.54, 1.807) is 22.9 Å². The first-order valence-corrected chi connectivity index (χ1v) is 5.50. The number of hydrogen-bond donors (Lipinski definition) is 1. The summed E-state index contributed by atoms with van der Waals surface area (Å²) in [5.41, 5.74) is 8.84. The van der Waals surface area contributed by atoms with Crippen molar-refractivity contribution in [3.63, 3.8) is 0 Å². The summed E-state index contributed by atoms with van der Waals surface area (Å²) in [5, 5.41) is 4.41. The van der Waals surface area contributed by atoms with Gasteiger partial charge in [-0.05, 0) is 36.4 Å². The van der Waals surface area contributed by atoms with Gasteiger partial charge in [-0.1, -0.05) is 0 Å². The van der Waals surface area contributed by atoms with Gasteiger partial charge in [-0.15, -0.1) is 0 Å². The minimum atomic E-state index is -0.272. The predicted octanol–water partition coefficient (Wildman–Crippen LogP) is 2.36. The van der Waals surface area contributed by atoms with E-state index in [9.17, 15) is 4.39 Å². The number of fused-ring (bicyclic) bond motifs is 1. The van der Waals surface area contributed by atoms with Crippen molar-refractivity contribution in [1.29, 1.82) is 0 Å². The van der Waals surface area contributed by atoms with E-state index in [0.29, 0.717) is 11.5 Å². The average Bonchev–Trinajstić information content (AvgIpc) is 2.67. The summed E-state index contributed by atoms with van der Waals surface area (Å²) in [6, 6.07) is 9.78. The minimum absolute atomic E-state index is 0.272. The van der Waals surface area contributed by atoms with E-state index in [-0.39, 0.29) is 5.82 Å². The van der Waals surface area contributed by atoms with Crippen molar-refractivity contribution in [2.45, 2.75) is 0 Å². The third-order valence-electron chi connectivity index (χ3n) is 2.84. The Hall–Kier alpha value is -2.43. The number of benzene rings is 1. The highest BCUT2D eigenvalue weighted by Gasteiger charge is 2.12. The van der Waals surface area contributed by atoms with Gasteiger partial charge in [-0.2, -0.15) is 5.10 Å². The number of nitrogens with zero attached hydrogens (tertiary/aromatic N) is 3. The zero-order valence-corrected chi connectivity index (χ0v) is 9.76. The standard InChI is InChI=1S/C13H11FN4/c1-18-10-6-7-11(15)16-13(10)12(17-18)8-2-4-9(14)5-3-8/h2-7H,1H3,(H2,15,16). The molecule has 0 aliphatic heterocycles. The number of aryl methyl sites for hydroxylation is 1. The van der Waals surface area contributed by atoms with Gasteiger partial charge in [0.25, 0.3) is 0 Å². The number of rotatable bonds is 1. The summed E-state index contributed by atoms with van der Waals surface area (Å²) < 4.78 is 14.7. The maximum Gasteiger partial charge on any atom is 0.124 e. The SMILES string of the molecule is Cn1nc(-c2ccc(F)cc2)c2nc(N)ccc21. The van der Waals surface area contributed by atoms with Crippen molar-refractivity contribution in [3.8, 4) is 11.3 Å². The van der Waals surface area contributed by atoms with Crippen molar-refractivity contribution >= 4 is 16.9 Å². The van der Waals surface area contributed by atoms with Crippen LogP contribution in [0.1, 0.15) is 0 Å². The number of anilines is 1. The van der Waals surface area contributed by atoms with E-state index >= 15 is 0 Å². The third-order valence-corrected chi connectivity index (χ3v) is 2.84. The Balaban J connectivity index is 2.28. The van der Waals surface area contributed by atoms with Crippen LogP contribution in [-0.4, -0.2) is 14.8 Å². The molecule has 0 aliphatic carbocycles. The molecule has 0 amide bonds. The van der Waals surface area contributed by atoms with E-state index < -0.39 is 0 Å². The van der Waals surface area contributed by atoms with Gasteiger partial charge in [-0.25, -0.2) is 9.37 Å². The molecule has 4 nitrogen and oxygen atoms in total. The van der Waals surface area contributed by atoms with Crippen molar-refractivity contribution in [2.24, 2.45) is 7.05 Å². The number of halogens is 1. The summed E-state index contributed by atoms with van der Waals surface area (Å²) in [6.45, 7) is 0. The topological polar surface area (TPSA) is 56.7 Å². The highest BCUT2D eigenvalue weighted by Crippen LogP contribution is 2.26. The van der Waals surface area contributed by atoms with E-state index in [1.807, 2.05) is 13.1 Å². The van der Waals surface area contributed by atoms with Crippen LogP contribution in [0.15, 0.2) is 36.4 Å². The molecule has 0 saturated carbocycles. The second-order valence-electron chi connectivity index (χ2n) is 4.08. The molecule has 2 N–H and O–H groups in total. The zero-order valence-electron chi connectivity index (χ0n) is 9.76. The molecular weight excluding hydrogens is 231 g/mol. The lowest BCUT2D eigenvalue weighted by Crippen LogP contribution is -1.91. The van der Waals surface area contributed by atoms with Gasteiger partial charge in [0.15, 0.2) is 0 Å². The maximum atomic E-state index is 12.9. The smallest absolute Gasteiger partial charge is 0.124 e. The Labute approximate surface area is 103 Å². The molecule has 0 spiro atoms. The second-order valence-corrected chi connectivity index (χ2v) is 4.08. The van der Waals surface area contributed by atoms with Gasteiger partial charge in [0.1, 0.15) is 22.8 Å². The lowest BCUT2D eigenvalue weighted by molar-refractivity contribution is 0.628.